The van der Waals surface area contributed by atoms with Crippen LogP contribution < -0.4 is 11.1 Å². The van der Waals surface area contributed by atoms with Gasteiger partial charge in [0.25, 0.3) is 0 Å². The quantitative estimate of drug-likeness (QED) is 0.818. The average Bonchev–Trinajstić information content (AvgIpc) is 2.88. The van der Waals surface area contributed by atoms with Gasteiger partial charge in [-0.1, -0.05) is 12.8 Å². The first-order valence-electron chi connectivity index (χ1n) is 7.39. The van der Waals surface area contributed by atoms with Gasteiger partial charge in [0.1, 0.15) is 6.04 Å². The third-order valence-corrected chi connectivity index (χ3v) is 4.27. The number of carbonyl (C=O) groups excluding carboxylic acids is 2. The molecule has 2 amide bonds. The van der Waals surface area contributed by atoms with Gasteiger partial charge in [-0.3, -0.25) is 9.59 Å². The number of nitrogens with one attached hydrogen (secondary N) is 1. The number of hydrogen-bond acceptors (Lipinski definition) is 3. The van der Waals surface area contributed by atoms with Gasteiger partial charge in [0.15, 0.2) is 0 Å². The van der Waals surface area contributed by atoms with Gasteiger partial charge in [-0.25, -0.2) is 0 Å². The van der Waals surface area contributed by atoms with Gasteiger partial charge >= 0.3 is 0 Å². The lowest BCUT2D eigenvalue weighted by Gasteiger charge is -2.35. The Morgan fingerprint density at radius 1 is 1.20 bits per heavy atom. The molecule has 1 heterocycles. The maximum Gasteiger partial charge on any atom is 0.245 e. The van der Waals surface area contributed by atoms with Gasteiger partial charge in [-0.05, 0) is 31.6 Å². The fourth-order valence-electron chi connectivity index (χ4n) is 3.30. The van der Waals surface area contributed by atoms with Crippen molar-refractivity contribution in [3.05, 3.63) is 0 Å². The lowest BCUT2D eigenvalue weighted by Crippen LogP contribution is -2.55. The van der Waals surface area contributed by atoms with Crippen molar-refractivity contribution >= 4 is 24.2 Å². The summed E-state index contributed by atoms with van der Waals surface area (Å²) in [5.41, 5.74) is 5.94. The largest absolute Gasteiger partial charge is 0.344 e. The Morgan fingerprint density at radius 3 is 2.40 bits per heavy atom. The molecule has 2 unspecified atom stereocenters. The molecule has 0 spiro atoms. The Bertz CT molecular complexity index is 345. The van der Waals surface area contributed by atoms with Gasteiger partial charge in [-0.15, -0.1) is 12.4 Å². The molecular weight excluding hydrogens is 278 g/mol. The molecule has 20 heavy (non-hydrogen) atoms. The minimum absolute atomic E-state index is 0. The molecule has 5 nitrogen and oxygen atoms in total. The van der Waals surface area contributed by atoms with Crippen LogP contribution in [0.4, 0.5) is 0 Å². The van der Waals surface area contributed by atoms with Gasteiger partial charge in [0, 0.05) is 26.1 Å². The summed E-state index contributed by atoms with van der Waals surface area (Å²) in [7, 11) is 0. The van der Waals surface area contributed by atoms with E-state index in [-0.39, 0.29) is 36.3 Å². The Morgan fingerprint density at radius 2 is 1.85 bits per heavy atom. The van der Waals surface area contributed by atoms with Crippen molar-refractivity contribution in [3.63, 3.8) is 0 Å². The van der Waals surface area contributed by atoms with E-state index in [1.54, 1.807) is 0 Å². The second-order valence-electron chi connectivity index (χ2n) is 5.91. The number of rotatable bonds is 3. The van der Waals surface area contributed by atoms with E-state index in [1.807, 2.05) is 4.90 Å². The number of carbonyl (C=O) groups is 2. The van der Waals surface area contributed by atoms with Gasteiger partial charge < -0.3 is 16.0 Å². The SMILES string of the molecule is CC(=O)NC(C(=O)N1CCCC(N)C1)C1CCCC1.Cl. The van der Waals surface area contributed by atoms with E-state index in [9.17, 15) is 9.59 Å². The molecule has 3 N–H and O–H groups in total. The van der Waals surface area contributed by atoms with Crippen LogP contribution in [0.25, 0.3) is 0 Å². The van der Waals surface area contributed by atoms with Gasteiger partial charge in [0.05, 0.1) is 0 Å². The van der Waals surface area contributed by atoms with E-state index in [0.717, 1.165) is 45.1 Å². The molecule has 1 saturated heterocycles. The second-order valence-corrected chi connectivity index (χ2v) is 5.91. The minimum atomic E-state index is -0.342. The number of nitrogens with zero attached hydrogens (tertiary/aromatic N) is 1. The Hall–Kier alpha value is -0.810. The lowest BCUT2D eigenvalue weighted by molar-refractivity contribution is -0.138. The highest BCUT2D eigenvalue weighted by atomic mass is 35.5. The van der Waals surface area contributed by atoms with E-state index >= 15 is 0 Å². The molecule has 0 aromatic heterocycles. The molecule has 2 fully saturated rings. The van der Waals surface area contributed by atoms with E-state index in [4.69, 9.17) is 5.73 Å². The number of halogens is 1. The normalized spacial score (nSPS) is 24.9. The maximum absolute atomic E-state index is 12.6. The summed E-state index contributed by atoms with van der Waals surface area (Å²) in [5, 5.41) is 2.86. The van der Waals surface area contributed by atoms with Crippen molar-refractivity contribution in [2.75, 3.05) is 13.1 Å². The Labute approximate surface area is 127 Å². The van der Waals surface area contributed by atoms with Crippen molar-refractivity contribution in [1.82, 2.24) is 10.2 Å². The monoisotopic (exact) mass is 303 g/mol. The van der Waals surface area contributed by atoms with E-state index < -0.39 is 0 Å². The minimum Gasteiger partial charge on any atom is -0.344 e. The van der Waals surface area contributed by atoms with Crippen molar-refractivity contribution in [2.45, 2.75) is 57.5 Å². The van der Waals surface area contributed by atoms with E-state index in [1.165, 1.54) is 6.92 Å². The van der Waals surface area contributed by atoms with Crippen LogP contribution in [0.15, 0.2) is 0 Å². The molecule has 1 aliphatic heterocycles. The second kappa shape index (κ2) is 7.84. The zero-order valence-electron chi connectivity index (χ0n) is 12.1. The van der Waals surface area contributed by atoms with Crippen molar-refractivity contribution in [2.24, 2.45) is 11.7 Å². The van der Waals surface area contributed by atoms with E-state index in [2.05, 4.69) is 5.32 Å². The van der Waals surface area contributed by atoms with Crippen molar-refractivity contribution in [3.8, 4) is 0 Å². The standard InChI is InChI=1S/C14H25N3O2.ClH/c1-10(18)16-13(11-5-2-3-6-11)14(19)17-8-4-7-12(15)9-17;/h11-13H,2-9,15H2,1H3,(H,16,18);1H. The van der Waals surface area contributed by atoms with Crippen molar-refractivity contribution < 1.29 is 9.59 Å². The highest BCUT2D eigenvalue weighted by Crippen LogP contribution is 2.29. The molecule has 6 heteroatoms. The zero-order chi connectivity index (χ0) is 13.8. The number of likely N-dealkylation sites (tertiary alicyclic amines) is 1. The van der Waals surface area contributed by atoms with Crippen LogP contribution in [0.2, 0.25) is 0 Å². The molecule has 2 rings (SSSR count). The predicted octanol–water partition coefficient (Wildman–Crippen LogP) is 1.05. The van der Waals surface area contributed by atoms with Crippen LogP contribution in [-0.2, 0) is 9.59 Å². The van der Waals surface area contributed by atoms with Crippen LogP contribution >= 0.6 is 12.4 Å². The number of amides is 2. The molecule has 1 aliphatic carbocycles. The highest BCUT2D eigenvalue weighted by Gasteiger charge is 2.35. The first kappa shape index (κ1) is 17.2. The van der Waals surface area contributed by atoms with Gasteiger partial charge in [-0.2, -0.15) is 0 Å². The van der Waals surface area contributed by atoms with E-state index in [0.29, 0.717) is 12.5 Å². The average molecular weight is 304 g/mol. The number of nitrogens with two attached hydrogens (primary N) is 1. The van der Waals surface area contributed by atoms with Crippen LogP contribution in [0.1, 0.15) is 45.4 Å². The molecule has 2 aliphatic rings. The summed E-state index contributed by atoms with van der Waals surface area (Å²) in [5.74, 6) is 0.248. The van der Waals surface area contributed by atoms with Crippen LogP contribution in [0, 0.1) is 5.92 Å². The summed E-state index contributed by atoms with van der Waals surface area (Å²) in [6, 6.07) is -0.260. The fraction of sp³-hybridized carbons (Fsp3) is 0.857. The first-order chi connectivity index (χ1) is 9.08. The molecule has 0 radical (unpaired) electrons. The van der Waals surface area contributed by atoms with Gasteiger partial charge in [0.2, 0.25) is 11.8 Å². The fourth-order valence-corrected chi connectivity index (χ4v) is 3.30. The molecule has 0 bridgehead atoms. The number of hydrogen-bond donors (Lipinski definition) is 2. The lowest BCUT2D eigenvalue weighted by atomic mass is 9.95. The third kappa shape index (κ3) is 4.35. The molecule has 116 valence electrons. The summed E-state index contributed by atoms with van der Waals surface area (Å²) < 4.78 is 0. The topological polar surface area (TPSA) is 75.4 Å². The number of piperidine rings is 1. The van der Waals surface area contributed by atoms with Crippen LogP contribution in [0.5, 0.6) is 0 Å². The Balaban J connectivity index is 0.00000200. The molecule has 1 saturated carbocycles. The Kier molecular flexibility index (Phi) is 6.76. The highest BCUT2D eigenvalue weighted by molar-refractivity contribution is 5.87. The summed E-state index contributed by atoms with van der Waals surface area (Å²) in [6.45, 7) is 2.88. The predicted molar refractivity (Wildman–Crippen MR) is 80.6 cm³/mol. The molecule has 2 atom stereocenters. The summed E-state index contributed by atoms with van der Waals surface area (Å²) in [4.78, 5) is 25.8. The summed E-state index contributed by atoms with van der Waals surface area (Å²) >= 11 is 0. The molecule has 0 aromatic carbocycles. The smallest absolute Gasteiger partial charge is 0.245 e. The zero-order valence-corrected chi connectivity index (χ0v) is 13.0. The molecule has 0 aromatic rings. The first-order valence-corrected chi connectivity index (χ1v) is 7.39. The third-order valence-electron chi connectivity index (χ3n) is 4.27. The molecular formula is C14H26ClN3O2. The van der Waals surface area contributed by atoms with Crippen LogP contribution in [0.3, 0.4) is 0 Å². The summed E-state index contributed by atoms with van der Waals surface area (Å²) in [6.07, 6.45) is 6.34. The van der Waals surface area contributed by atoms with Crippen LogP contribution in [-0.4, -0.2) is 41.9 Å². The van der Waals surface area contributed by atoms with Crippen molar-refractivity contribution in [1.29, 1.82) is 0 Å². The maximum atomic E-state index is 12.6.